The van der Waals surface area contributed by atoms with Gasteiger partial charge in [-0.05, 0) is 31.0 Å². The molecule has 2 amide bonds. The molecular formula is C14H20N2O4. The SMILES string of the molecule is COC(C)c1cccc(NC(=O)NCCCC(=O)O)c1. The second kappa shape index (κ2) is 8.16. The molecule has 0 heterocycles. The Morgan fingerprint density at radius 2 is 2.15 bits per heavy atom. The fourth-order valence-electron chi connectivity index (χ4n) is 1.62. The van der Waals surface area contributed by atoms with E-state index in [1.54, 1.807) is 13.2 Å². The van der Waals surface area contributed by atoms with Gasteiger partial charge in [-0.3, -0.25) is 4.79 Å². The molecule has 1 aromatic rings. The van der Waals surface area contributed by atoms with Crippen LogP contribution in [0.25, 0.3) is 0 Å². The molecule has 110 valence electrons. The van der Waals surface area contributed by atoms with Gasteiger partial charge in [0.05, 0.1) is 6.10 Å². The molecule has 1 unspecified atom stereocenters. The van der Waals surface area contributed by atoms with Gasteiger partial charge in [-0.1, -0.05) is 12.1 Å². The predicted molar refractivity (Wildman–Crippen MR) is 75.8 cm³/mol. The van der Waals surface area contributed by atoms with Crippen molar-refractivity contribution in [3.63, 3.8) is 0 Å². The molecule has 0 aromatic heterocycles. The Morgan fingerprint density at radius 1 is 1.40 bits per heavy atom. The molecule has 3 N–H and O–H groups in total. The molecule has 0 bridgehead atoms. The number of carboxylic acids is 1. The lowest BCUT2D eigenvalue weighted by Crippen LogP contribution is -2.29. The molecule has 6 nitrogen and oxygen atoms in total. The molecule has 0 saturated heterocycles. The molecule has 1 aromatic carbocycles. The van der Waals surface area contributed by atoms with Gasteiger partial charge in [0.15, 0.2) is 0 Å². The fourth-order valence-corrected chi connectivity index (χ4v) is 1.62. The summed E-state index contributed by atoms with van der Waals surface area (Å²) in [6.07, 6.45) is 0.403. The van der Waals surface area contributed by atoms with E-state index in [0.29, 0.717) is 18.7 Å². The fraction of sp³-hybridized carbons (Fsp3) is 0.429. The van der Waals surface area contributed by atoms with Crippen LogP contribution in [0.15, 0.2) is 24.3 Å². The predicted octanol–water partition coefficient (Wildman–Crippen LogP) is 2.38. The number of methoxy groups -OCH3 is 1. The first-order valence-corrected chi connectivity index (χ1v) is 6.42. The van der Waals surface area contributed by atoms with Crippen LogP contribution in [0.5, 0.6) is 0 Å². The summed E-state index contributed by atoms with van der Waals surface area (Å²) in [4.78, 5) is 21.9. The van der Waals surface area contributed by atoms with Gasteiger partial charge >= 0.3 is 12.0 Å². The van der Waals surface area contributed by atoms with Gasteiger partial charge in [-0.25, -0.2) is 4.79 Å². The maximum atomic E-state index is 11.6. The summed E-state index contributed by atoms with van der Waals surface area (Å²) in [5, 5.41) is 13.8. The van der Waals surface area contributed by atoms with E-state index in [4.69, 9.17) is 9.84 Å². The van der Waals surface area contributed by atoms with Crippen LogP contribution in [0.1, 0.15) is 31.4 Å². The van der Waals surface area contributed by atoms with Crippen molar-refractivity contribution in [1.82, 2.24) is 5.32 Å². The van der Waals surface area contributed by atoms with Gasteiger partial charge < -0.3 is 20.5 Å². The van der Waals surface area contributed by atoms with Crippen molar-refractivity contribution in [3.8, 4) is 0 Å². The van der Waals surface area contributed by atoms with Gasteiger partial charge in [0.2, 0.25) is 0 Å². The van der Waals surface area contributed by atoms with Gasteiger partial charge in [-0.15, -0.1) is 0 Å². The zero-order valence-electron chi connectivity index (χ0n) is 11.7. The lowest BCUT2D eigenvalue weighted by Gasteiger charge is -2.12. The first kappa shape index (κ1) is 16.0. The molecule has 0 fully saturated rings. The van der Waals surface area contributed by atoms with Crippen LogP contribution in [-0.4, -0.2) is 30.8 Å². The average molecular weight is 280 g/mol. The highest BCUT2D eigenvalue weighted by Crippen LogP contribution is 2.19. The smallest absolute Gasteiger partial charge is 0.319 e. The Morgan fingerprint density at radius 3 is 2.80 bits per heavy atom. The van der Waals surface area contributed by atoms with E-state index in [1.807, 2.05) is 25.1 Å². The number of aliphatic carboxylic acids is 1. The summed E-state index contributed by atoms with van der Waals surface area (Å²) in [5.74, 6) is -0.867. The first-order valence-electron chi connectivity index (χ1n) is 6.42. The van der Waals surface area contributed by atoms with Crippen molar-refractivity contribution < 1.29 is 19.4 Å². The third-order valence-electron chi connectivity index (χ3n) is 2.82. The molecule has 0 aliphatic carbocycles. The van der Waals surface area contributed by atoms with Crippen LogP contribution in [0.3, 0.4) is 0 Å². The zero-order chi connectivity index (χ0) is 15.0. The van der Waals surface area contributed by atoms with E-state index in [0.717, 1.165) is 5.56 Å². The van der Waals surface area contributed by atoms with Crippen molar-refractivity contribution in [2.45, 2.75) is 25.9 Å². The van der Waals surface area contributed by atoms with E-state index < -0.39 is 5.97 Å². The maximum absolute atomic E-state index is 11.6. The highest BCUT2D eigenvalue weighted by atomic mass is 16.5. The minimum absolute atomic E-state index is 0.0428. The highest BCUT2D eigenvalue weighted by molar-refractivity contribution is 5.89. The van der Waals surface area contributed by atoms with E-state index >= 15 is 0 Å². The van der Waals surface area contributed by atoms with Crippen LogP contribution < -0.4 is 10.6 Å². The molecule has 0 radical (unpaired) electrons. The van der Waals surface area contributed by atoms with Crippen LogP contribution in [0.2, 0.25) is 0 Å². The van der Waals surface area contributed by atoms with Gasteiger partial charge in [0, 0.05) is 25.8 Å². The summed E-state index contributed by atoms with van der Waals surface area (Å²) in [7, 11) is 1.62. The van der Waals surface area contributed by atoms with Crippen molar-refractivity contribution in [1.29, 1.82) is 0 Å². The minimum Gasteiger partial charge on any atom is -0.481 e. The van der Waals surface area contributed by atoms with Crippen LogP contribution in [0, 0.1) is 0 Å². The largest absolute Gasteiger partial charge is 0.481 e. The Bertz CT molecular complexity index is 462. The second-order valence-electron chi connectivity index (χ2n) is 4.38. The lowest BCUT2D eigenvalue weighted by molar-refractivity contribution is -0.137. The third kappa shape index (κ3) is 5.71. The summed E-state index contributed by atoms with van der Waals surface area (Å²) >= 11 is 0. The van der Waals surface area contributed by atoms with Crippen LogP contribution in [-0.2, 0) is 9.53 Å². The lowest BCUT2D eigenvalue weighted by atomic mass is 10.1. The van der Waals surface area contributed by atoms with E-state index in [9.17, 15) is 9.59 Å². The molecule has 1 rings (SSSR count). The molecule has 20 heavy (non-hydrogen) atoms. The van der Waals surface area contributed by atoms with E-state index in [1.165, 1.54) is 0 Å². The average Bonchev–Trinajstić information content (AvgIpc) is 2.43. The Balaban J connectivity index is 2.43. The van der Waals surface area contributed by atoms with E-state index in [-0.39, 0.29) is 18.6 Å². The highest BCUT2D eigenvalue weighted by Gasteiger charge is 2.06. The number of hydrogen-bond acceptors (Lipinski definition) is 3. The standard InChI is InChI=1S/C14H20N2O4/c1-10(20-2)11-5-3-6-12(9-11)16-14(19)15-8-4-7-13(17)18/h3,5-6,9-10H,4,7-8H2,1-2H3,(H,17,18)(H2,15,16,19). The maximum Gasteiger partial charge on any atom is 0.319 e. The topological polar surface area (TPSA) is 87.7 Å². The number of nitrogens with one attached hydrogen (secondary N) is 2. The summed E-state index contributed by atoms with van der Waals surface area (Å²) in [6.45, 7) is 2.25. The number of carbonyl (C=O) groups excluding carboxylic acids is 1. The molecule has 0 spiro atoms. The number of urea groups is 1. The molecule has 1 atom stereocenters. The molecule has 6 heteroatoms. The van der Waals surface area contributed by atoms with Crippen molar-refractivity contribution in [3.05, 3.63) is 29.8 Å². The summed E-state index contributed by atoms with van der Waals surface area (Å²) < 4.78 is 5.21. The summed E-state index contributed by atoms with van der Waals surface area (Å²) in [6, 6.07) is 7.03. The third-order valence-corrected chi connectivity index (χ3v) is 2.82. The van der Waals surface area contributed by atoms with Crippen LogP contribution >= 0.6 is 0 Å². The Hall–Kier alpha value is -2.08. The zero-order valence-corrected chi connectivity index (χ0v) is 11.7. The quantitative estimate of drug-likeness (QED) is 0.669. The first-order chi connectivity index (χ1) is 9.52. The van der Waals surface area contributed by atoms with Crippen molar-refractivity contribution in [2.24, 2.45) is 0 Å². The van der Waals surface area contributed by atoms with Crippen LogP contribution in [0.4, 0.5) is 10.5 Å². The Labute approximate surface area is 118 Å². The number of amides is 2. The number of carbonyl (C=O) groups is 2. The van der Waals surface area contributed by atoms with E-state index in [2.05, 4.69) is 10.6 Å². The monoisotopic (exact) mass is 280 g/mol. The van der Waals surface area contributed by atoms with Crippen molar-refractivity contribution >= 4 is 17.7 Å². The van der Waals surface area contributed by atoms with Gasteiger partial charge in [0.1, 0.15) is 0 Å². The molecule has 0 aliphatic heterocycles. The normalized spacial score (nSPS) is 11.7. The minimum atomic E-state index is -0.867. The number of anilines is 1. The summed E-state index contributed by atoms with van der Waals surface area (Å²) in [5.41, 5.74) is 1.64. The second-order valence-corrected chi connectivity index (χ2v) is 4.38. The van der Waals surface area contributed by atoms with Crippen molar-refractivity contribution in [2.75, 3.05) is 19.0 Å². The number of benzene rings is 1. The molecular weight excluding hydrogens is 260 g/mol. The molecule has 0 saturated carbocycles. The number of ether oxygens (including phenoxy) is 1. The van der Waals surface area contributed by atoms with Gasteiger partial charge in [0.25, 0.3) is 0 Å². The Kier molecular flexibility index (Phi) is 6.52. The van der Waals surface area contributed by atoms with Gasteiger partial charge in [-0.2, -0.15) is 0 Å². The number of rotatable bonds is 7. The number of hydrogen-bond donors (Lipinski definition) is 3. The molecule has 0 aliphatic rings. The number of carboxylic acid groups (broad SMARTS) is 1.